The van der Waals surface area contributed by atoms with E-state index in [1.807, 2.05) is 42.3 Å². The molecule has 2 rings (SSSR count). The predicted octanol–water partition coefficient (Wildman–Crippen LogP) is 3.09. The van der Waals surface area contributed by atoms with Crippen molar-refractivity contribution < 1.29 is 4.79 Å². The number of hydrogen-bond donors (Lipinski definition) is 1. The molecule has 1 amide bonds. The van der Waals surface area contributed by atoms with Gasteiger partial charge in [-0.05, 0) is 43.6 Å². The average molecular weight is 360 g/mol. The maximum Gasteiger partial charge on any atom is 0.246 e. The molecule has 1 aromatic rings. The van der Waals surface area contributed by atoms with Gasteiger partial charge in [0, 0.05) is 23.6 Å². The first-order chi connectivity index (χ1) is 9.18. The number of piperidine rings is 1. The van der Waals surface area contributed by atoms with Gasteiger partial charge in [-0.2, -0.15) is 0 Å². The maximum atomic E-state index is 12.1. The molecule has 20 heavy (non-hydrogen) atoms. The first kappa shape index (κ1) is 17.2. The number of rotatable bonds is 3. The van der Waals surface area contributed by atoms with Crippen molar-refractivity contribution in [2.24, 2.45) is 0 Å². The minimum absolute atomic E-state index is 0. The topological polar surface area (TPSA) is 32.3 Å². The van der Waals surface area contributed by atoms with Gasteiger partial charge in [0.2, 0.25) is 5.91 Å². The number of hydrogen-bond acceptors (Lipinski definition) is 2. The molecule has 110 valence electrons. The predicted molar refractivity (Wildman–Crippen MR) is 89.1 cm³/mol. The number of nitrogens with one attached hydrogen (secondary N) is 1. The van der Waals surface area contributed by atoms with Crippen LogP contribution in [0.25, 0.3) is 6.08 Å². The minimum Gasteiger partial charge on any atom is -0.339 e. The summed E-state index contributed by atoms with van der Waals surface area (Å²) >= 11 is 3.48. The molecule has 1 N–H and O–H groups in total. The number of likely N-dealkylation sites (N-methyl/N-ethyl adjacent to an activating group) is 1. The van der Waals surface area contributed by atoms with E-state index in [1.165, 1.54) is 0 Å². The molecule has 5 heteroatoms. The van der Waals surface area contributed by atoms with Crippen molar-refractivity contribution in [1.82, 2.24) is 10.2 Å². The molecule has 0 radical (unpaired) electrons. The first-order valence-electron chi connectivity index (χ1n) is 6.58. The Hall–Kier alpha value is -0.840. The van der Waals surface area contributed by atoms with Crippen LogP contribution in [-0.2, 0) is 4.79 Å². The van der Waals surface area contributed by atoms with E-state index in [-0.39, 0.29) is 18.3 Å². The molecule has 0 unspecified atom stereocenters. The molecule has 0 aliphatic carbocycles. The summed E-state index contributed by atoms with van der Waals surface area (Å²) in [7, 11) is 1.89. The lowest BCUT2D eigenvalue weighted by atomic mass is 10.1. The summed E-state index contributed by atoms with van der Waals surface area (Å²) in [4.78, 5) is 14.0. The van der Waals surface area contributed by atoms with Crippen LogP contribution < -0.4 is 5.32 Å². The molecule has 0 atom stereocenters. The van der Waals surface area contributed by atoms with Gasteiger partial charge in [0.25, 0.3) is 0 Å². The lowest BCUT2D eigenvalue weighted by Crippen LogP contribution is -2.43. The zero-order valence-electron chi connectivity index (χ0n) is 11.5. The highest BCUT2D eigenvalue weighted by Gasteiger charge is 2.20. The fourth-order valence-corrected chi connectivity index (χ4v) is 2.68. The zero-order chi connectivity index (χ0) is 13.7. The van der Waals surface area contributed by atoms with Crippen molar-refractivity contribution in [2.45, 2.75) is 18.9 Å². The van der Waals surface area contributed by atoms with E-state index in [0.717, 1.165) is 36.0 Å². The second kappa shape index (κ2) is 8.45. The van der Waals surface area contributed by atoms with Crippen LogP contribution in [-0.4, -0.2) is 37.0 Å². The Morgan fingerprint density at radius 1 is 1.35 bits per heavy atom. The number of halogens is 2. The van der Waals surface area contributed by atoms with Crippen molar-refractivity contribution >= 4 is 40.3 Å². The van der Waals surface area contributed by atoms with E-state index >= 15 is 0 Å². The van der Waals surface area contributed by atoms with Gasteiger partial charge in [0.05, 0.1) is 0 Å². The highest BCUT2D eigenvalue weighted by molar-refractivity contribution is 9.10. The number of benzene rings is 1. The Morgan fingerprint density at radius 3 is 2.65 bits per heavy atom. The summed E-state index contributed by atoms with van der Waals surface area (Å²) < 4.78 is 1.00. The van der Waals surface area contributed by atoms with Gasteiger partial charge in [0.15, 0.2) is 0 Å². The summed E-state index contributed by atoms with van der Waals surface area (Å²) in [5, 5.41) is 3.31. The molecule has 1 aliphatic rings. The molecule has 1 saturated heterocycles. The monoisotopic (exact) mass is 358 g/mol. The summed E-state index contributed by atoms with van der Waals surface area (Å²) in [5.41, 5.74) is 1.02. The standard InChI is InChI=1S/C15H19BrN2O.ClH/c1-18(13-8-10-17-11-9-13)15(19)7-6-12-4-2-3-5-14(12)16;/h2-7,13,17H,8-11H2,1H3;1H/b7-6+;. The second-order valence-electron chi connectivity index (χ2n) is 4.79. The fraction of sp³-hybridized carbons (Fsp3) is 0.400. The van der Waals surface area contributed by atoms with Gasteiger partial charge in [-0.1, -0.05) is 34.1 Å². The van der Waals surface area contributed by atoms with Crippen LogP contribution in [0, 0.1) is 0 Å². The molecule has 3 nitrogen and oxygen atoms in total. The highest BCUT2D eigenvalue weighted by Crippen LogP contribution is 2.17. The van der Waals surface area contributed by atoms with Crippen molar-refractivity contribution in [2.75, 3.05) is 20.1 Å². The number of nitrogens with zero attached hydrogens (tertiary/aromatic N) is 1. The average Bonchev–Trinajstić information content (AvgIpc) is 2.46. The molecule has 0 aromatic heterocycles. The van der Waals surface area contributed by atoms with E-state index in [0.29, 0.717) is 6.04 Å². The van der Waals surface area contributed by atoms with Crippen LogP contribution >= 0.6 is 28.3 Å². The van der Waals surface area contributed by atoms with Gasteiger partial charge in [-0.3, -0.25) is 4.79 Å². The van der Waals surface area contributed by atoms with Gasteiger partial charge >= 0.3 is 0 Å². The largest absolute Gasteiger partial charge is 0.339 e. The molecule has 0 spiro atoms. The van der Waals surface area contributed by atoms with Crippen LogP contribution in [0.15, 0.2) is 34.8 Å². The molecule has 1 aliphatic heterocycles. The summed E-state index contributed by atoms with van der Waals surface area (Å²) in [6.45, 7) is 1.99. The molecule has 1 fully saturated rings. The summed E-state index contributed by atoms with van der Waals surface area (Å²) in [6.07, 6.45) is 5.59. The number of amides is 1. The second-order valence-corrected chi connectivity index (χ2v) is 5.64. The van der Waals surface area contributed by atoms with Crippen molar-refractivity contribution in [3.63, 3.8) is 0 Å². The summed E-state index contributed by atoms with van der Waals surface area (Å²) in [6, 6.07) is 8.24. The van der Waals surface area contributed by atoms with E-state index in [1.54, 1.807) is 6.08 Å². The quantitative estimate of drug-likeness (QED) is 0.841. The maximum absolute atomic E-state index is 12.1. The summed E-state index contributed by atoms with van der Waals surface area (Å²) in [5.74, 6) is 0.0719. The molecular weight excluding hydrogens is 340 g/mol. The third-order valence-electron chi connectivity index (χ3n) is 3.51. The fourth-order valence-electron chi connectivity index (χ4n) is 2.26. The van der Waals surface area contributed by atoms with Crippen LogP contribution in [0.5, 0.6) is 0 Å². The Kier molecular flexibility index (Phi) is 7.27. The van der Waals surface area contributed by atoms with Crippen LogP contribution in [0.4, 0.5) is 0 Å². The minimum atomic E-state index is 0. The van der Waals surface area contributed by atoms with E-state index in [2.05, 4.69) is 21.2 Å². The third kappa shape index (κ3) is 4.62. The van der Waals surface area contributed by atoms with Gasteiger partial charge in [-0.25, -0.2) is 0 Å². The smallest absolute Gasteiger partial charge is 0.246 e. The van der Waals surface area contributed by atoms with Gasteiger partial charge < -0.3 is 10.2 Å². The van der Waals surface area contributed by atoms with Gasteiger partial charge in [0.1, 0.15) is 0 Å². The molecule has 0 saturated carbocycles. The third-order valence-corrected chi connectivity index (χ3v) is 4.24. The Bertz CT molecular complexity index is 473. The van der Waals surface area contributed by atoms with Crippen LogP contribution in [0.3, 0.4) is 0 Å². The molecular formula is C15H20BrClN2O. The lowest BCUT2D eigenvalue weighted by molar-refractivity contribution is -0.127. The zero-order valence-corrected chi connectivity index (χ0v) is 13.9. The van der Waals surface area contributed by atoms with E-state index in [9.17, 15) is 4.79 Å². The van der Waals surface area contributed by atoms with Gasteiger partial charge in [-0.15, -0.1) is 12.4 Å². The molecule has 0 bridgehead atoms. The van der Waals surface area contributed by atoms with Crippen molar-refractivity contribution in [3.05, 3.63) is 40.4 Å². The van der Waals surface area contributed by atoms with Crippen LogP contribution in [0.1, 0.15) is 18.4 Å². The Balaban J connectivity index is 0.00000200. The number of carbonyl (C=O) groups excluding carboxylic acids is 1. The Labute approximate surface area is 135 Å². The van der Waals surface area contributed by atoms with Crippen LogP contribution in [0.2, 0.25) is 0 Å². The Morgan fingerprint density at radius 2 is 2.00 bits per heavy atom. The van der Waals surface area contributed by atoms with E-state index < -0.39 is 0 Å². The SMILES string of the molecule is CN(C(=O)/C=C/c1ccccc1Br)C1CCNCC1.Cl. The molecule has 1 aromatic carbocycles. The highest BCUT2D eigenvalue weighted by atomic mass is 79.9. The molecule has 1 heterocycles. The van der Waals surface area contributed by atoms with E-state index in [4.69, 9.17) is 0 Å². The van der Waals surface area contributed by atoms with Crippen molar-refractivity contribution in [1.29, 1.82) is 0 Å². The lowest BCUT2D eigenvalue weighted by Gasteiger charge is -2.30. The number of carbonyl (C=O) groups is 1. The first-order valence-corrected chi connectivity index (χ1v) is 7.38. The normalized spacial score (nSPS) is 15.9. The van der Waals surface area contributed by atoms with Crippen molar-refractivity contribution in [3.8, 4) is 0 Å².